The highest BCUT2D eigenvalue weighted by Crippen LogP contribution is 2.48. The maximum Gasteiger partial charge on any atom is 0.309 e. The average molecular weight is 587 g/mol. The fourth-order valence-electron chi connectivity index (χ4n) is 6.59. The van der Waals surface area contributed by atoms with Crippen molar-refractivity contribution in [3.63, 3.8) is 0 Å². The van der Waals surface area contributed by atoms with Crippen molar-refractivity contribution in [2.24, 2.45) is 17.8 Å². The van der Waals surface area contributed by atoms with Gasteiger partial charge >= 0.3 is 5.97 Å². The molecule has 3 saturated heterocycles. The van der Waals surface area contributed by atoms with E-state index in [1.165, 1.54) is 6.08 Å². The highest BCUT2D eigenvalue weighted by atomic mass is 16.8. The molecule has 3 fully saturated rings. The Hall–Kier alpha value is -1.82. The molecule has 5 aliphatic rings. The fourth-order valence-corrected chi connectivity index (χ4v) is 6.59. The third-order valence-electron chi connectivity index (χ3n) is 9.10. The standard InChI is InChI=1S/C27H38O14/c1-10-3-4-13-11(2)25(36)40-23(13)18-12(5-14(30)17(10)18)7-37-26-22(34)21(33)19(31)16(39-26)8-38-27(9-29)24(35)20(32)15(6-28)41-27/h5,11,13,15-16,18-24,26,28-29,31-35H,3-4,6-9H2,1-2H3. The van der Waals surface area contributed by atoms with E-state index in [-0.39, 0.29) is 30.2 Å². The van der Waals surface area contributed by atoms with Crippen molar-refractivity contribution in [1.29, 1.82) is 0 Å². The largest absolute Gasteiger partial charge is 0.461 e. The van der Waals surface area contributed by atoms with Crippen LogP contribution in [0.3, 0.4) is 0 Å². The fraction of sp³-hybridized carbons (Fsp3) is 0.778. The van der Waals surface area contributed by atoms with Crippen LogP contribution < -0.4 is 0 Å². The van der Waals surface area contributed by atoms with Crippen LogP contribution in [0.15, 0.2) is 22.8 Å². The van der Waals surface area contributed by atoms with Crippen LogP contribution in [0.2, 0.25) is 0 Å². The first kappa shape index (κ1) is 30.6. The van der Waals surface area contributed by atoms with Gasteiger partial charge in [0.2, 0.25) is 5.79 Å². The van der Waals surface area contributed by atoms with Gasteiger partial charge in [-0.3, -0.25) is 9.59 Å². The van der Waals surface area contributed by atoms with Gasteiger partial charge in [-0.15, -0.1) is 0 Å². The lowest BCUT2D eigenvalue weighted by Crippen LogP contribution is -2.60. The average Bonchev–Trinajstić information content (AvgIpc) is 3.48. The number of ketones is 1. The van der Waals surface area contributed by atoms with Gasteiger partial charge in [-0.05, 0) is 31.4 Å². The van der Waals surface area contributed by atoms with E-state index >= 15 is 0 Å². The maximum atomic E-state index is 13.0. The minimum absolute atomic E-state index is 0.0831. The molecule has 0 radical (unpaired) electrons. The van der Waals surface area contributed by atoms with Crippen LogP contribution >= 0.6 is 0 Å². The predicted molar refractivity (Wildman–Crippen MR) is 133 cm³/mol. The monoisotopic (exact) mass is 586 g/mol. The molecule has 5 rings (SSSR count). The van der Waals surface area contributed by atoms with Gasteiger partial charge in [-0.1, -0.05) is 12.5 Å². The van der Waals surface area contributed by atoms with Crippen molar-refractivity contribution in [2.45, 2.75) is 87.6 Å². The van der Waals surface area contributed by atoms with Crippen LogP contribution in [0.4, 0.5) is 0 Å². The first-order valence-electron chi connectivity index (χ1n) is 13.8. The number of aliphatic hydroxyl groups excluding tert-OH is 7. The van der Waals surface area contributed by atoms with Gasteiger partial charge in [0.25, 0.3) is 0 Å². The summed E-state index contributed by atoms with van der Waals surface area (Å²) in [5, 5.41) is 71.2. The second kappa shape index (κ2) is 11.7. The molecule has 41 heavy (non-hydrogen) atoms. The smallest absolute Gasteiger partial charge is 0.309 e. The normalized spacial score (nSPS) is 46.3. The molecule has 3 aliphatic heterocycles. The number of hydrogen-bond donors (Lipinski definition) is 7. The molecule has 0 amide bonds. The SMILES string of the molecule is CC1=C2C(=O)C=C(COC3OC(COC4(CO)OC(CO)C(O)C4O)C(O)C(O)C3O)C2C2OC(=O)C(C)C2CC1. The van der Waals surface area contributed by atoms with Crippen LogP contribution in [0.25, 0.3) is 0 Å². The summed E-state index contributed by atoms with van der Waals surface area (Å²) >= 11 is 0. The molecule has 230 valence electrons. The van der Waals surface area contributed by atoms with Gasteiger partial charge < -0.3 is 59.4 Å². The summed E-state index contributed by atoms with van der Waals surface area (Å²) in [6.07, 6.45) is -10.3. The molecule has 3 heterocycles. The molecule has 0 bridgehead atoms. The molecular weight excluding hydrogens is 548 g/mol. The Bertz CT molecular complexity index is 1090. The number of fused-ring (bicyclic) bond motifs is 3. The molecule has 2 aliphatic carbocycles. The molecule has 0 aromatic heterocycles. The molecule has 13 unspecified atom stereocenters. The zero-order valence-corrected chi connectivity index (χ0v) is 22.7. The van der Waals surface area contributed by atoms with Crippen molar-refractivity contribution >= 4 is 11.8 Å². The summed E-state index contributed by atoms with van der Waals surface area (Å²) in [6, 6.07) is 0. The van der Waals surface area contributed by atoms with Crippen LogP contribution in [-0.4, -0.2) is 135 Å². The molecule has 14 nitrogen and oxygen atoms in total. The van der Waals surface area contributed by atoms with Crippen molar-refractivity contribution in [3.8, 4) is 0 Å². The molecule has 0 saturated carbocycles. The predicted octanol–water partition coefficient (Wildman–Crippen LogP) is -2.96. The molecule has 0 aromatic carbocycles. The van der Waals surface area contributed by atoms with E-state index in [9.17, 15) is 45.3 Å². The Morgan fingerprint density at radius 1 is 1.02 bits per heavy atom. The van der Waals surface area contributed by atoms with Gasteiger partial charge in [-0.2, -0.15) is 0 Å². The van der Waals surface area contributed by atoms with Crippen molar-refractivity contribution in [3.05, 3.63) is 22.8 Å². The van der Waals surface area contributed by atoms with Crippen molar-refractivity contribution < 1.29 is 69.0 Å². The zero-order chi connectivity index (χ0) is 29.8. The van der Waals surface area contributed by atoms with Gasteiger partial charge in [0.15, 0.2) is 12.1 Å². The number of esters is 1. The third-order valence-corrected chi connectivity index (χ3v) is 9.10. The Morgan fingerprint density at radius 2 is 1.76 bits per heavy atom. The van der Waals surface area contributed by atoms with E-state index in [0.717, 1.165) is 5.57 Å². The van der Waals surface area contributed by atoms with E-state index in [1.807, 2.05) is 13.8 Å². The number of carbonyl (C=O) groups excluding carboxylic acids is 2. The van der Waals surface area contributed by atoms with E-state index in [1.54, 1.807) is 0 Å². The lowest BCUT2D eigenvalue weighted by molar-refractivity contribution is -0.327. The van der Waals surface area contributed by atoms with E-state index in [2.05, 4.69) is 0 Å². The van der Waals surface area contributed by atoms with E-state index < -0.39 is 86.6 Å². The highest BCUT2D eigenvalue weighted by molar-refractivity contribution is 6.09. The summed E-state index contributed by atoms with van der Waals surface area (Å²) in [6.45, 7) is 1.32. The molecule has 14 heteroatoms. The lowest BCUT2D eigenvalue weighted by Gasteiger charge is -2.41. The molecule has 0 aromatic rings. The minimum Gasteiger partial charge on any atom is -0.461 e. The van der Waals surface area contributed by atoms with Crippen LogP contribution in [0.5, 0.6) is 0 Å². The Labute approximate surface area is 235 Å². The van der Waals surface area contributed by atoms with E-state index in [4.69, 9.17) is 23.7 Å². The summed E-state index contributed by atoms with van der Waals surface area (Å²) in [5.41, 5.74) is 2.01. The van der Waals surface area contributed by atoms with Gasteiger partial charge in [0.1, 0.15) is 55.4 Å². The number of ether oxygens (including phenoxy) is 5. The molecule has 0 spiro atoms. The first-order valence-corrected chi connectivity index (χ1v) is 13.8. The van der Waals surface area contributed by atoms with Crippen molar-refractivity contribution in [2.75, 3.05) is 26.4 Å². The van der Waals surface area contributed by atoms with Crippen LogP contribution in [0.1, 0.15) is 26.7 Å². The van der Waals surface area contributed by atoms with Gasteiger partial charge in [-0.25, -0.2) is 0 Å². The number of hydrogen-bond acceptors (Lipinski definition) is 14. The summed E-state index contributed by atoms with van der Waals surface area (Å²) in [5.74, 6) is -3.59. The molecular formula is C27H38O14. The summed E-state index contributed by atoms with van der Waals surface area (Å²) in [7, 11) is 0. The highest BCUT2D eigenvalue weighted by Gasteiger charge is 2.56. The number of aliphatic hydroxyl groups is 7. The zero-order valence-electron chi connectivity index (χ0n) is 22.7. The summed E-state index contributed by atoms with van der Waals surface area (Å²) < 4.78 is 28.1. The van der Waals surface area contributed by atoms with Gasteiger partial charge in [0, 0.05) is 17.4 Å². The Morgan fingerprint density at radius 3 is 2.41 bits per heavy atom. The Kier molecular flexibility index (Phi) is 8.74. The number of allylic oxidation sites excluding steroid dienone is 2. The van der Waals surface area contributed by atoms with Crippen molar-refractivity contribution in [1.82, 2.24) is 0 Å². The quantitative estimate of drug-likeness (QED) is 0.141. The maximum absolute atomic E-state index is 13.0. The van der Waals surface area contributed by atoms with Gasteiger partial charge in [0.05, 0.1) is 25.7 Å². The summed E-state index contributed by atoms with van der Waals surface area (Å²) in [4.78, 5) is 25.4. The third kappa shape index (κ3) is 5.18. The minimum atomic E-state index is -2.14. The number of rotatable bonds is 8. The van der Waals surface area contributed by atoms with Crippen LogP contribution in [-0.2, 0) is 33.3 Å². The first-order chi connectivity index (χ1) is 19.4. The second-order valence-corrected chi connectivity index (χ2v) is 11.5. The molecule has 7 N–H and O–H groups in total. The number of carbonyl (C=O) groups is 2. The van der Waals surface area contributed by atoms with Crippen LogP contribution in [0, 0.1) is 17.8 Å². The van der Waals surface area contributed by atoms with E-state index in [0.29, 0.717) is 24.0 Å². The second-order valence-electron chi connectivity index (χ2n) is 11.5. The lowest BCUT2D eigenvalue weighted by atomic mass is 9.81. The topological polar surface area (TPSA) is 222 Å². The Balaban J connectivity index is 1.28. The molecule has 13 atom stereocenters.